The molecule has 0 radical (unpaired) electrons. The number of carboxylic acid groups (broad SMARTS) is 1. The molecule has 0 aliphatic carbocycles. The van der Waals surface area contributed by atoms with Gasteiger partial charge in [0.1, 0.15) is 6.04 Å². The number of carboxylic acids is 1. The van der Waals surface area contributed by atoms with Crippen LogP contribution in [-0.4, -0.2) is 46.4 Å². The van der Waals surface area contributed by atoms with E-state index in [1.165, 1.54) is 16.7 Å². The normalized spacial score (nSPS) is 29.2. The molecule has 0 aromatic heterocycles. The Morgan fingerprint density at radius 2 is 2.25 bits per heavy atom. The lowest BCUT2D eigenvalue weighted by molar-refractivity contribution is -0.310. The monoisotopic (exact) mass is 243 g/mol. The Hall–Kier alpha value is -1.24. The van der Waals surface area contributed by atoms with E-state index in [2.05, 4.69) is 5.32 Å². The Morgan fingerprint density at radius 3 is 2.81 bits per heavy atom. The number of amides is 2. The Bertz CT molecular complexity index is 346. The fraction of sp³-hybridized carbons (Fsp3) is 0.667. The molecular weight excluding hydrogens is 232 g/mol. The molecule has 0 spiro atoms. The molecule has 2 amide bonds. The number of hydrogen-bond donors (Lipinski definition) is 1. The maximum absolute atomic E-state index is 11.9. The van der Waals surface area contributed by atoms with Crippen molar-refractivity contribution in [2.75, 3.05) is 11.6 Å². The first-order chi connectivity index (χ1) is 7.59. The van der Waals surface area contributed by atoms with Crippen molar-refractivity contribution in [1.29, 1.82) is 0 Å². The van der Waals surface area contributed by atoms with Crippen LogP contribution in [0.3, 0.4) is 0 Å². The summed E-state index contributed by atoms with van der Waals surface area (Å²) in [5, 5.41) is 13.3. The highest BCUT2D eigenvalue weighted by atomic mass is 32.2. The third-order valence-corrected chi connectivity index (χ3v) is 3.74. The summed E-state index contributed by atoms with van der Waals surface area (Å²) < 4.78 is 0. The molecule has 0 aromatic carbocycles. The van der Waals surface area contributed by atoms with Crippen LogP contribution in [0.25, 0.3) is 0 Å². The summed E-state index contributed by atoms with van der Waals surface area (Å²) in [7, 11) is 0. The molecule has 6 nitrogen and oxygen atoms in total. The van der Waals surface area contributed by atoms with E-state index in [-0.39, 0.29) is 11.8 Å². The van der Waals surface area contributed by atoms with Gasteiger partial charge in [-0.15, -0.1) is 11.8 Å². The van der Waals surface area contributed by atoms with Crippen LogP contribution in [0.15, 0.2) is 0 Å². The molecule has 0 saturated carbocycles. The van der Waals surface area contributed by atoms with E-state index in [1.807, 2.05) is 0 Å². The lowest BCUT2D eigenvalue weighted by atomic mass is 10.2. The second-order valence-electron chi connectivity index (χ2n) is 3.80. The third kappa shape index (κ3) is 1.99. The standard InChI is InChI=1S/C9H12N2O4S/c12-7-2-1-5(10-7)8(13)11-4-16-3-6(11)9(14)15/h5-6H,1-4H2,(H,10,12)(H,14,15)/p-1/t5-,6-/m0/s1. The highest BCUT2D eigenvalue weighted by molar-refractivity contribution is 7.99. The van der Waals surface area contributed by atoms with Crippen LogP contribution < -0.4 is 10.4 Å². The van der Waals surface area contributed by atoms with Gasteiger partial charge in [0.2, 0.25) is 11.8 Å². The summed E-state index contributed by atoms with van der Waals surface area (Å²) in [6.45, 7) is 0. The number of hydrogen-bond acceptors (Lipinski definition) is 5. The van der Waals surface area contributed by atoms with Crippen molar-refractivity contribution >= 4 is 29.5 Å². The van der Waals surface area contributed by atoms with Crippen molar-refractivity contribution < 1.29 is 19.5 Å². The van der Waals surface area contributed by atoms with Gasteiger partial charge < -0.3 is 20.1 Å². The maximum Gasteiger partial charge on any atom is 0.246 e. The van der Waals surface area contributed by atoms with Gasteiger partial charge in [0.05, 0.1) is 17.9 Å². The van der Waals surface area contributed by atoms with Crippen molar-refractivity contribution in [2.24, 2.45) is 0 Å². The number of nitrogens with zero attached hydrogens (tertiary/aromatic N) is 1. The topological polar surface area (TPSA) is 89.5 Å². The SMILES string of the molecule is O=C1CC[C@@H](C(=O)N2CSC[C@H]2C(=O)[O-])N1. The van der Waals surface area contributed by atoms with Gasteiger partial charge in [-0.2, -0.15) is 0 Å². The van der Waals surface area contributed by atoms with Crippen molar-refractivity contribution in [3.8, 4) is 0 Å². The molecule has 2 rings (SSSR count). The Morgan fingerprint density at radius 1 is 1.50 bits per heavy atom. The zero-order valence-corrected chi connectivity index (χ0v) is 9.29. The first-order valence-corrected chi connectivity index (χ1v) is 6.13. The van der Waals surface area contributed by atoms with Crippen molar-refractivity contribution in [2.45, 2.75) is 24.9 Å². The molecule has 16 heavy (non-hydrogen) atoms. The predicted molar refractivity (Wildman–Crippen MR) is 54.1 cm³/mol. The van der Waals surface area contributed by atoms with Crippen LogP contribution in [0.5, 0.6) is 0 Å². The number of carbonyl (C=O) groups is 3. The molecule has 7 heteroatoms. The van der Waals surface area contributed by atoms with Gasteiger partial charge >= 0.3 is 0 Å². The number of rotatable bonds is 2. The molecule has 1 N–H and O–H groups in total. The van der Waals surface area contributed by atoms with Gasteiger partial charge in [-0.3, -0.25) is 9.59 Å². The van der Waals surface area contributed by atoms with E-state index in [0.29, 0.717) is 24.5 Å². The molecule has 2 saturated heterocycles. The molecule has 0 unspecified atom stereocenters. The lowest BCUT2D eigenvalue weighted by Gasteiger charge is -2.26. The van der Waals surface area contributed by atoms with Crippen molar-refractivity contribution in [3.05, 3.63) is 0 Å². The summed E-state index contributed by atoms with van der Waals surface area (Å²) in [6.07, 6.45) is 0.770. The summed E-state index contributed by atoms with van der Waals surface area (Å²) in [4.78, 5) is 35.0. The summed E-state index contributed by atoms with van der Waals surface area (Å²) >= 11 is 1.38. The molecular formula is C9H11N2O4S-. The minimum atomic E-state index is -1.23. The van der Waals surface area contributed by atoms with Crippen LogP contribution in [0, 0.1) is 0 Å². The van der Waals surface area contributed by atoms with E-state index in [1.54, 1.807) is 0 Å². The molecule has 2 heterocycles. The second kappa shape index (κ2) is 4.32. The zero-order chi connectivity index (χ0) is 11.7. The number of thioether (sulfide) groups is 1. The molecule has 0 bridgehead atoms. The molecule has 2 aliphatic rings. The average Bonchev–Trinajstić information content (AvgIpc) is 2.84. The van der Waals surface area contributed by atoms with Crippen LogP contribution in [-0.2, 0) is 14.4 Å². The van der Waals surface area contributed by atoms with Crippen LogP contribution >= 0.6 is 11.8 Å². The molecule has 0 aromatic rings. The second-order valence-corrected chi connectivity index (χ2v) is 4.80. The van der Waals surface area contributed by atoms with E-state index in [9.17, 15) is 19.5 Å². The van der Waals surface area contributed by atoms with E-state index >= 15 is 0 Å². The fourth-order valence-electron chi connectivity index (χ4n) is 1.85. The highest BCUT2D eigenvalue weighted by Crippen LogP contribution is 2.23. The first kappa shape index (κ1) is 11.3. The Labute approximate surface area is 96.4 Å². The summed E-state index contributed by atoms with van der Waals surface area (Å²) in [6, 6.07) is -1.43. The maximum atomic E-state index is 11.9. The minimum Gasteiger partial charge on any atom is -0.548 e. The molecule has 2 atom stereocenters. The highest BCUT2D eigenvalue weighted by Gasteiger charge is 2.36. The number of nitrogens with one attached hydrogen (secondary N) is 1. The van der Waals surface area contributed by atoms with Gasteiger partial charge in [0.25, 0.3) is 0 Å². The quantitative estimate of drug-likeness (QED) is 0.601. The van der Waals surface area contributed by atoms with Crippen LogP contribution in [0.4, 0.5) is 0 Å². The van der Waals surface area contributed by atoms with Crippen molar-refractivity contribution in [3.63, 3.8) is 0 Å². The third-order valence-electron chi connectivity index (χ3n) is 2.73. The summed E-state index contributed by atoms with van der Waals surface area (Å²) in [5.41, 5.74) is 0. The van der Waals surface area contributed by atoms with E-state index in [4.69, 9.17) is 0 Å². The fourth-order valence-corrected chi connectivity index (χ4v) is 3.00. The first-order valence-electron chi connectivity index (χ1n) is 4.98. The summed E-state index contributed by atoms with van der Waals surface area (Å²) in [5.74, 6) is -0.999. The smallest absolute Gasteiger partial charge is 0.246 e. The van der Waals surface area contributed by atoms with Gasteiger partial charge in [0, 0.05) is 12.2 Å². The average molecular weight is 243 g/mol. The molecule has 2 aliphatic heterocycles. The predicted octanol–water partition coefficient (Wildman–Crippen LogP) is -2.08. The molecule has 2 fully saturated rings. The van der Waals surface area contributed by atoms with Gasteiger partial charge in [-0.25, -0.2) is 0 Å². The van der Waals surface area contributed by atoms with Crippen LogP contribution in [0.1, 0.15) is 12.8 Å². The largest absolute Gasteiger partial charge is 0.548 e. The number of carbonyl (C=O) groups excluding carboxylic acids is 3. The van der Waals surface area contributed by atoms with Gasteiger partial charge in [-0.1, -0.05) is 0 Å². The molecule has 88 valence electrons. The van der Waals surface area contributed by atoms with Crippen molar-refractivity contribution in [1.82, 2.24) is 10.2 Å². The lowest BCUT2D eigenvalue weighted by Crippen LogP contribution is -2.53. The van der Waals surface area contributed by atoms with E-state index < -0.39 is 18.1 Å². The zero-order valence-electron chi connectivity index (χ0n) is 8.47. The number of aliphatic carboxylic acids is 1. The Kier molecular flexibility index (Phi) is 3.04. The van der Waals surface area contributed by atoms with Gasteiger partial charge in [-0.05, 0) is 6.42 Å². The van der Waals surface area contributed by atoms with E-state index in [0.717, 1.165) is 0 Å². The Balaban J connectivity index is 2.03. The van der Waals surface area contributed by atoms with Gasteiger partial charge in [0.15, 0.2) is 0 Å². The minimum absolute atomic E-state index is 0.157. The van der Waals surface area contributed by atoms with Crippen LogP contribution in [0.2, 0.25) is 0 Å².